The molecule has 36 heavy (non-hydrogen) atoms. The third kappa shape index (κ3) is 4.27. The molecule has 3 aliphatic rings. The van der Waals surface area contributed by atoms with E-state index in [1.165, 1.54) is 13.0 Å². The zero-order valence-corrected chi connectivity index (χ0v) is 19.2. The van der Waals surface area contributed by atoms with E-state index in [1.54, 1.807) is 12.4 Å². The second kappa shape index (κ2) is 8.50. The number of halogens is 3. The number of likely N-dealkylation sites (tertiary alicyclic amines) is 1. The van der Waals surface area contributed by atoms with Gasteiger partial charge < -0.3 is 10.4 Å². The summed E-state index contributed by atoms with van der Waals surface area (Å²) >= 11 is 0. The summed E-state index contributed by atoms with van der Waals surface area (Å²) in [5.41, 5.74) is -3.12. The lowest BCUT2D eigenvalue weighted by molar-refractivity contribution is -0.138. The molecule has 0 aromatic carbocycles. The van der Waals surface area contributed by atoms with Gasteiger partial charge in [-0.05, 0) is 54.6 Å². The number of anilines is 1. The molecule has 2 saturated carbocycles. The molecule has 186 valence electrons. The van der Waals surface area contributed by atoms with Gasteiger partial charge in [0, 0.05) is 32.0 Å². The molecule has 1 saturated heterocycles. The first-order valence-electron chi connectivity index (χ1n) is 11.5. The van der Waals surface area contributed by atoms with Crippen molar-refractivity contribution in [3.63, 3.8) is 0 Å². The molecule has 9 nitrogen and oxygen atoms in total. The summed E-state index contributed by atoms with van der Waals surface area (Å²) < 4.78 is 39.6. The predicted octanol–water partition coefficient (Wildman–Crippen LogP) is 2.30. The Bertz CT molecular complexity index is 1280. The number of aromatic nitrogens is 3. The van der Waals surface area contributed by atoms with Crippen molar-refractivity contribution in [1.82, 2.24) is 19.9 Å². The fourth-order valence-corrected chi connectivity index (χ4v) is 6.13. The van der Waals surface area contributed by atoms with Crippen LogP contribution >= 0.6 is 0 Å². The van der Waals surface area contributed by atoms with Crippen LogP contribution in [0.1, 0.15) is 41.9 Å². The highest BCUT2D eigenvalue weighted by Crippen LogP contribution is 2.68. The lowest BCUT2D eigenvalue weighted by Gasteiger charge is -2.37. The molecule has 1 amide bonds. The van der Waals surface area contributed by atoms with Gasteiger partial charge in [-0.25, -0.2) is 15.0 Å². The molecule has 6 unspecified atom stereocenters. The van der Waals surface area contributed by atoms with Gasteiger partial charge in [0.25, 0.3) is 5.91 Å². The molecule has 2 aromatic heterocycles. The van der Waals surface area contributed by atoms with Gasteiger partial charge in [0.1, 0.15) is 12.1 Å². The molecule has 1 aliphatic heterocycles. The third-order valence-electron chi connectivity index (χ3n) is 7.60. The minimum atomic E-state index is -4.81. The number of nitriles is 2. The number of carbonyl (C=O) groups is 1. The summed E-state index contributed by atoms with van der Waals surface area (Å²) in [6.45, 7) is 2.77. The molecule has 0 spiro atoms. The summed E-state index contributed by atoms with van der Waals surface area (Å²) in [6, 6.07) is 3.95. The molecule has 2 aliphatic carbocycles. The lowest BCUT2D eigenvalue weighted by atomic mass is 9.86. The van der Waals surface area contributed by atoms with E-state index in [2.05, 4.69) is 20.3 Å². The topological polar surface area (TPSA) is 139 Å². The number of rotatable bonds is 5. The molecular weight excluding hydrogens is 475 g/mol. The number of pyridine rings is 1. The summed E-state index contributed by atoms with van der Waals surface area (Å²) in [7, 11) is 0. The Hall–Kier alpha value is -3.61. The van der Waals surface area contributed by atoms with E-state index in [4.69, 9.17) is 10.5 Å². The van der Waals surface area contributed by atoms with Gasteiger partial charge in [-0.2, -0.15) is 23.7 Å². The quantitative estimate of drug-likeness (QED) is 0.642. The number of nitrogens with one attached hydrogen (secondary N) is 1. The summed E-state index contributed by atoms with van der Waals surface area (Å²) in [5.74, 6) is 1.49. The van der Waals surface area contributed by atoms with Crippen LogP contribution in [0, 0.1) is 46.3 Å². The van der Waals surface area contributed by atoms with Gasteiger partial charge in [0.2, 0.25) is 5.82 Å². The van der Waals surface area contributed by atoms with Crippen LogP contribution in [0.2, 0.25) is 0 Å². The maximum Gasteiger partial charge on any atom is 0.419 e. The van der Waals surface area contributed by atoms with Crippen LogP contribution in [0.3, 0.4) is 0 Å². The average molecular weight is 497 g/mol. The summed E-state index contributed by atoms with van der Waals surface area (Å²) in [4.78, 5) is 26.5. The van der Waals surface area contributed by atoms with E-state index in [9.17, 15) is 23.1 Å². The lowest BCUT2D eigenvalue weighted by Crippen LogP contribution is -2.52. The van der Waals surface area contributed by atoms with E-state index >= 15 is 0 Å². The monoisotopic (exact) mass is 497 g/mol. The molecule has 2 aromatic rings. The first kappa shape index (κ1) is 24.1. The second-order valence-electron chi connectivity index (χ2n) is 10.0. The van der Waals surface area contributed by atoms with Gasteiger partial charge >= 0.3 is 6.18 Å². The van der Waals surface area contributed by atoms with Gasteiger partial charge in [0.05, 0.1) is 17.4 Å². The maximum absolute atomic E-state index is 13.2. The first-order chi connectivity index (χ1) is 17.0. The molecular formula is C24H22F3N7O2. The van der Waals surface area contributed by atoms with Crippen LogP contribution in [0.4, 0.5) is 18.9 Å². The summed E-state index contributed by atoms with van der Waals surface area (Å²) in [5, 5.41) is 31.0. The molecule has 0 bridgehead atoms. The van der Waals surface area contributed by atoms with Crippen molar-refractivity contribution >= 4 is 11.6 Å². The standard InChI is InChI=1S/C24H22F3N7O2/c1-23(36,22(35)33-14-3-17(24(25,26)27)18(4-28)30-8-14)11-34-9-12-2-15(21-16(10-34)20(12)21)13-6-31-19(5-29)32-7-13/h3,6-8,12,15-16,20-21,36H,2,9-11H2,1H3,(H,33,35). The third-order valence-corrected chi connectivity index (χ3v) is 7.60. The van der Waals surface area contributed by atoms with E-state index in [-0.39, 0.29) is 18.1 Å². The number of nitrogens with zero attached hydrogens (tertiary/aromatic N) is 6. The van der Waals surface area contributed by atoms with Crippen molar-refractivity contribution in [2.75, 3.05) is 25.0 Å². The van der Waals surface area contributed by atoms with Crippen LogP contribution in [-0.4, -0.2) is 56.1 Å². The second-order valence-corrected chi connectivity index (χ2v) is 10.0. The minimum Gasteiger partial charge on any atom is -0.379 e. The molecule has 12 heteroatoms. The van der Waals surface area contributed by atoms with Crippen molar-refractivity contribution in [2.24, 2.45) is 23.7 Å². The Balaban J connectivity index is 1.22. The summed E-state index contributed by atoms with van der Waals surface area (Å²) in [6.07, 6.45) is 0.535. The fraction of sp³-hybridized carbons (Fsp3) is 0.500. The smallest absolute Gasteiger partial charge is 0.379 e. The van der Waals surface area contributed by atoms with Gasteiger partial charge in [0.15, 0.2) is 11.3 Å². The number of piperidine rings is 1. The number of carbonyl (C=O) groups excluding carboxylic acids is 1. The predicted molar refractivity (Wildman–Crippen MR) is 118 cm³/mol. The Morgan fingerprint density at radius 2 is 1.89 bits per heavy atom. The van der Waals surface area contributed by atoms with E-state index in [1.807, 2.05) is 11.0 Å². The highest BCUT2D eigenvalue weighted by molar-refractivity contribution is 5.97. The van der Waals surface area contributed by atoms with Crippen molar-refractivity contribution in [3.05, 3.63) is 47.3 Å². The molecule has 6 atom stereocenters. The zero-order chi connectivity index (χ0) is 25.8. The minimum absolute atomic E-state index is 0.0335. The highest BCUT2D eigenvalue weighted by atomic mass is 19.4. The molecule has 2 N–H and O–H groups in total. The van der Waals surface area contributed by atoms with E-state index in [0.717, 1.165) is 18.2 Å². The van der Waals surface area contributed by atoms with Gasteiger partial charge in [-0.1, -0.05) is 0 Å². The van der Waals surface area contributed by atoms with Crippen molar-refractivity contribution in [2.45, 2.75) is 31.0 Å². The maximum atomic E-state index is 13.2. The van der Waals surface area contributed by atoms with Crippen LogP contribution in [0.15, 0.2) is 24.7 Å². The Morgan fingerprint density at radius 1 is 1.17 bits per heavy atom. The van der Waals surface area contributed by atoms with Crippen molar-refractivity contribution < 1.29 is 23.1 Å². The fourth-order valence-electron chi connectivity index (χ4n) is 6.13. The molecule has 0 radical (unpaired) electrons. The van der Waals surface area contributed by atoms with Crippen LogP contribution in [0.5, 0.6) is 0 Å². The number of amides is 1. The Morgan fingerprint density at radius 3 is 2.50 bits per heavy atom. The van der Waals surface area contributed by atoms with Crippen LogP contribution in [0.25, 0.3) is 0 Å². The van der Waals surface area contributed by atoms with Crippen molar-refractivity contribution in [3.8, 4) is 12.1 Å². The normalized spacial score (nSPS) is 28.4. The van der Waals surface area contributed by atoms with Crippen molar-refractivity contribution in [1.29, 1.82) is 10.5 Å². The first-order valence-corrected chi connectivity index (χ1v) is 11.5. The zero-order valence-electron chi connectivity index (χ0n) is 19.2. The van der Waals surface area contributed by atoms with Gasteiger partial charge in [-0.15, -0.1) is 0 Å². The van der Waals surface area contributed by atoms with E-state index < -0.39 is 28.9 Å². The largest absolute Gasteiger partial charge is 0.419 e. The molecule has 5 rings (SSSR count). The Kier molecular flexibility index (Phi) is 5.69. The van der Waals surface area contributed by atoms with Crippen LogP contribution in [-0.2, 0) is 11.0 Å². The number of β-amino-alcohol motifs (C(OH)–C–C–N with tert-alkyl or cyclic N) is 1. The van der Waals surface area contributed by atoms with E-state index in [0.29, 0.717) is 48.7 Å². The SMILES string of the molecule is CC(O)(CN1CC2CC(c3cnc(C#N)nc3)C3C(C1)C23)C(=O)Nc1cnc(C#N)c(C(F)(F)F)c1. The number of hydrogen-bond donors (Lipinski definition) is 2. The van der Waals surface area contributed by atoms with Crippen LogP contribution < -0.4 is 5.32 Å². The molecule has 3 fully saturated rings. The van der Waals surface area contributed by atoms with Gasteiger partial charge in [-0.3, -0.25) is 9.69 Å². The number of aliphatic hydroxyl groups is 1. The number of alkyl halides is 3. The average Bonchev–Trinajstić information content (AvgIpc) is 3.41. The highest BCUT2D eigenvalue weighted by Gasteiger charge is 2.65. The Labute approximate surface area is 204 Å². The number of hydrogen-bond acceptors (Lipinski definition) is 8. The molecule has 3 heterocycles. The number of fused-ring (bicyclic) bond motifs is 1.